The molecule has 3 heteroatoms. The maximum Gasteiger partial charge on any atom is 0.247 e. The highest BCUT2D eigenvalue weighted by atomic mass is 16.2. The van der Waals surface area contributed by atoms with E-state index in [0.717, 1.165) is 31.6 Å². The molecule has 138 valence electrons. The predicted molar refractivity (Wildman–Crippen MR) is 105 cm³/mol. The first-order valence-electron chi connectivity index (χ1n) is 9.94. The van der Waals surface area contributed by atoms with Crippen molar-refractivity contribution >= 4 is 11.6 Å². The number of nitrogens with zero attached hydrogens (tertiary/aromatic N) is 1. The van der Waals surface area contributed by atoms with Crippen LogP contribution >= 0.6 is 0 Å². The fourth-order valence-corrected chi connectivity index (χ4v) is 4.30. The van der Waals surface area contributed by atoms with Gasteiger partial charge >= 0.3 is 0 Å². The molecular formula is C22H34N2O. The summed E-state index contributed by atoms with van der Waals surface area (Å²) < 4.78 is 0. The standard InChI is InChI=1S/C22H34N2O/c1-21(2)13-11-18(12-14-21)17-7-9-19(10-8-17)23-22(3,4)20(25)24-15-5-6-16-24/h7-10,18,23H,5-6,11-16H2,1-4H3. The van der Waals surface area contributed by atoms with Gasteiger partial charge in [-0.1, -0.05) is 26.0 Å². The molecule has 3 nitrogen and oxygen atoms in total. The van der Waals surface area contributed by atoms with Gasteiger partial charge in [-0.2, -0.15) is 0 Å². The van der Waals surface area contributed by atoms with Crippen molar-refractivity contribution in [1.29, 1.82) is 0 Å². The Hall–Kier alpha value is -1.51. The lowest BCUT2D eigenvalue weighted by Crippen LogP contribution is -2.49. The second kappa shape index (κ2) is 7.01. The van der Waals surface area contributed by atoms with Crippen LogP contribution in [0.2, 0.25) is 0 Å². The SMILES string of the molecule is CC1(C)CCC(c2ccc(NC(C)(C)C(=O)N3CCCC3)cc2)CC1. The lowest BCUT2D eigenvalue weighted by atomic mass is 9.71. The number of benzene rings is 1. The molecule has 1 N–H and O–H groups in total. The minimum atomic E-state index is -0.555. The minimum Gasteiger partial charge on any atom is -0.372 e. The fraction of sp³-hybridized carbons (Fsp3) is 0.682. The van der Waals surface area contributed by atoms with Crippen molar-refractivity contribution in [1.82, 2.24) is 4.90 Å². The van der Waals surface area contributed by atoms with Gasteiger partial charge < -0.3 is 10.2 Å². The number of amides is 1. The van der Waals surface area contributed by atoms with Gasteiger partial charge in [0.15, 0.2) is 0 Å². The van der Waals surface area contributed by atoms with Gasteiger partial charge in [0.2, 0.25) is 5.91 Å². The summed E-state index contributed by atoms with van der Waals surface area (Å²) in [4.78, 5) is 14.7. The number of carbonyl (C=O) groups excluding carboxylic acids is 1. The molecule has 0 aromatic heterocycles. The Morgan fingerprint density at radius 1 is 1.08 bits per heavy atom. The van der Waals surface area contributed by atoms with Crippen molar-refractivity contribution in [2.24, 2.45) is 5.41 Å². The van der Waals surface area contributed by atoms with Crippen LogP contribution in [0.15, 0.2) is 24.3 Å². The van der Waals surface area contributed by atoms with Crippen molar-refractivity contribution in [2.45, 2.75) is 77.7 Å². The third-order valence-electron chi connectivity index (χ3n) is 6.11. The van der Waals surface area contributed by atoms with E-state index in [1.165, 1.54) is 31.2 Å². The maximum atomic E-state index is 12.7. The number of likely N-dealkylation sites (tertiary alicyclic amines) is 1. The Labute approximate surface area is 153 Å². The molecule has 1 saturated carbocycles. The van der Waals surface area contributed by atoms with E-state index in [1.54, 1.807) is 0 Å². The molecule has 1 heterocycles. The fourth-order valence-electron chi connectivity index (χ4n) is 4.30. The van der Waals surface area contributed by atoms with Gasteiger partial charge in [-0.25, -0.2) is 0 Å². The van der Waals surface area contributed by atoms with E-state index in [1.807, 2.05) is 18.7 Å². The Bertz CT molecular complexity index is 587. The topological polar surface area (TPSA) is 32.3 Å². The van der Waals surface area contributed by atoms with Gasteiger partial charge in [0.1, 0.15) is 5.54 Å². The van der Waals surface area contributed by atoms with Crippen LogP contribution in [0, 0.1) is 5.41 Å². The first kappa shape index (κ1) is 18.3. The summed E-state index contributed by atoms with van der Waals surface area (Å²) >= 11 is 0. The molecule has 1 saturated heterocycles. The molecule has 1 amide bonds. The summed E-state index contributed by atoms with van der Waals surface area (Å²) in [7, 11) is 0. The molecule has 2 fully saturated rings. The normalized spacial score (nSPS) is 21.4. The number of hydrogen-bond acceptors (Lipinski definition) is 2. The van der Waals surface area contributed by atoms with E-state index in [2.05, 4.69) is 43.4 Å². The number of rotatable bonds is 4. The number of anilines is 1. The van der Waals surface area contributed by atoms with Crippen LogP contribution in [0.4, 0.5) is 5.69 Å². The van der Waals surface area contributed by atoms with Gasteiger partial charge in [0.05, 0.1) is 0 Å². The van der Waals surface area contributed by atoms with Crippen molar-refractivity contribution in [3.8, 4) is 0 Å². The van der Waals surface area contributed by atoms with Crippen molar-refractivity contribution < 1.29 is 4.79 Å². The largest absolute Gasteiger partial charge is 0.372 e. The van der Waals surface area contributed by atoms with E-state index in [9.17, 15) is 4.79 Å². The smallest absolute Gasteiger partial charge is 0.247 e. The predicted octanol–water partition coefficient (Wildman–Crippen LogP) is 5.18. The summed E-state index contributed by atoms with van der Waals surface area (Å²) in [6.45, 7) is 10.6. The van der Waals surface area contributed by atoms with Gasteiger partial charge in [0.25, 0.3) is 0 Å². The van der Waals surface area contributed by atoms with Gasteiger partial charge in [-0.05, 0) is 81.4 Å². The Kier molecular flexibility index (Phi) is 5.13. The molecule has 2 aliphatic rings. The first-order valence-corrected chi connectivity index (χ1v) is 9.94. The molecule has 1 aromatic rings. The third-order valence-corrected chi connectivity index (χ3v) is 6.11. The van der Waals surface area contributed by atoms with E-state index >= 15 is 0 Å². The zero-order chi connectivity index (χ0) is 18.1. The van der Waals surface area contributed by atoms with Gasteiger partial charge in [-0.15, -0.1) is 0 Å². The summed E-state index contributed by atoms with van der Waals surface area (Å²) in [5.41, 5.74) is 2.45. The van der Waals surface area contributed by atoms with Gasteiger partial charge in [-0.3, -0.25) is 4.79 Å². The summed E-state index contributed by atoms with van der Waals surface area (Å²) in [5.74, 6) is 0.907. The van der Waals surface area contributed by atoms with Gasteiger partial charge in [0, 0.05) is 18.8 Å². The highest BCUT2D eigenvalue weighted by Gasteiger charge is 2.33. The van der Waals surface area contributed by atoms with E-state index in [0.29, 0.717) is 11.3 Å². The van der Waals surface area contributed by atoms with Crippen LogP contribution in [0.5, 0.6) is 0 Å². The quantitative estimate of drug-likeness (QED) is 0.817. The number of nitrogens with one attached hydrogen (secondary N) is 1. The molecule has 1 aliphatic carbocycles. The highest BCUT2D eigenvalue weighted by Crippen LogP contribution is 2.42. The zero-order valence-electron chi connectivity index (χ0n) is 16.4. The molecule has 0 bridgehead atoms. The summed E-state index contributed by atoms with van der Waals surface area (Å²) in [5, 5.41) is 3.45. The molecule has 1 aromatic carbocycles. The molecule has 0 unspecified atom stereocenters. The molecule has 0 radical (unpaired) electrons. The zero-order valence-corrected chi connectivity index (χ0v) is 16.4. The Morgan fingerprint density at radius 2 is 1.64 bits per heavy atom. The number of carbonyl (C=O) groups is 1. The van der Waals surface area contributed by atoms with Crippen molar-refractivity contribution in [2.75, 3.05) is 18.4 Å². The second-order valence-corrected chi connectivity index (χ2v) is 9.31. The lowest BCUT2D eigenvalue weighted by Gasteiger charge is -2.34. The molecule has 3 rings (SSSR count). The average molecular weight is 343 g/mol. The number of hydrogen-bond donors (Lipinski definition) is 1. The monoisotopic (exact) mass is 342 g/mol. The Morgan fingerprint density at radius 3 is 2.20 bits per heavy atom. The first-order chi connectivity index (χ1) is 11.8. The maximum absolute atomic E-state index is 12.7. The molecule has 25 heavy (non-hydrogen) atoms. The van der Waals surface area contributed by atoms with Crippen LogP contribution in [0.25, 0.3) is 0 Å². The van der Waals surface area contributed by atoms with Crippen molar-refractivity contribution in [3.63, 3.8) is 0 Å². The third kappa shape index (κ3) is 4.37. The highest BCUT2D eigenvalue weighted by molar-refractivity contribution is 5.88. The average Bonchev–Trinajstić information content (AvgIpc) is 3.09. The molecule has 1 aliphatic heterocycles. The van der Waals surface area contributed by atoms with Crippen LogP contribution in [0.1, 0.15) is 77.7 Å². The van der Waals surface area contributed by atoms with Crippen LogP contribution < -0.4 is 5.32 Å². The summed E-state index contributed by atoms with van der Waals surface area (Å²) in [6, 6.07) is 8.80. The van der Waals surface area contributed by atoms with Crippen LogP contribution in [0.3, 0.4) is 0 Å². The Balaban J connectivity index is 1.61. The molecule has 0 atom stereocenters. The molecule has 0 spiro atoms. The van der Waals surface area contributed by atoms with Crippen molar-refractivity contribution in [3.05, 3.63) is 29.8 Å². The van der Waals surface area contributed by atoms with E-state index in [-0.39, 0.29) is 5.91 Å². The van der Waals surface area contributed by atoms with E-state index in [4.69, 9.17) is 0 Å². The lowest BCUT2D eigenvalue weighted by molar-refractivity contribution is -0.133. The molecular weight excluding hydrogens is 308 g/mol. The summed E-state index contributed by atoms with van der Waals surface area (Å²) in [6.07, 6.45) is 7.48. The minimum absolute atomic E-state index is 0.212. The van der Waals surface area contributed by atoms with Crippen LogP contribution in [-0.4, -0.2) is 29.4 Å². The van der Waals surface area contributed by atoms with E-state index < -0.39 is 5.54 Å². The second-order valence-electron chi connectivity index (χ2n) is 9.31. The van der Waals surface area contributed by atoms with Crippen LogP contribution in [-0.2, 0) is 4.79 Å².